The van der Waals surface area contributed by atoms with Crippen molar-refractivity contribution < 1.29 is 19.1 Å². The molecule has 0 radical (unpaired) electrons. The highest BCUT2D eigenvalue weighted by molar-refractivity contribution is 9.10. The van der Waals surface area contributed by atoms with Crippen LogP contribution in [0.2, 0.25) is 0 Å². The van der Waals surface area contributed by atoms with Crippen molar-refractivity contribution in [3.63, 3.8) is 0 Å². The van der Waals surface area contributed by atoms with Crippen molar-refractivity contribution in [2.24, 2.45) is 0 Å². The van der Waals surface area contributed by atoms with E-state index in [-0.39, 0.29) is 25.2 Å². The molecule has 1 aromatic heterocycles. The lowest BCUT2D eigenvalue weighted by molar-refractivity contribution is -0.120. The van der Waals surface area contributed by atoms with Gasteiger partial charge in [0.15, 0.2) is 0 Å². The SMILES string of the molecule is N#CCc1ccc(Br)nc1NC(=O)[C@@H]1C[C@@H](F)CN1C(=O)O. The zero-order valence-electron chi connectivity index (χ0n) is 11.3. The molecule has 1 saturated heterocycles. The summed E-state index contributed by atoms with van der Waals surface area (Å²) in [6, 6.07) is 4.09. The van der Waals surface area contributed by atoms with Gasteiger partial charge in [-0.05, 0) is 22.0 Å². The van der Waals surface area contributed by atoms with Crippen LogP contribution in [0.5, 0.6) is 0 Å². The summed E-state index contributed by atoms with van der Waals surface area (Å²) in [5.41, 5.74) is 0.496. The molecule has 1 aliphatic rings. The van der Waals surface area contributed by atoms with E-state index >= 15 is 0 Å². The molecule has 2 rings (SSSR count). The lowest BCUT2D eigenvalue weighted by Crippen LogP contribution is -2.42. The van der Waals surface area contributed by atoms with Crippen molar-refractivity contribution in [3.8, 4) is 6.07 Å². The largest absolute Gasteiger partial charge is 0.465 e. The molecule has 0 saturated carbocycles. The van der Waals surface area contributed by atoms with Crippen LogP contribution in [0.4, 0.5) is 15.0 Å². The molecule has 0 unspecified atom stereocenters. The van der Waals surface area contributed by atoms with E-state index in [0.717, 1.165) is 4.90 Å². The highest BCUT2D eigenvalue weighted by Gasteiger charge is 2.40. The molecule has 0 spiro atoms. The van der Waals surface area contributed by atoms with Gasteiger partial charge in [-0.1, -0.05) is 6.07 Å². The van der Waals surface area contributed by atoms with Crippen LogP contribution in [0.15, 0.2) is 16.7 Å². The molecule has 9 heteroatoms. The number of hydrogen-bond donors (Lipinski definition) is 2. The predicted molar refractivity (Wildman–Crippen MR) is 77.9 cm³/mol. The van der Waals surface area contributed by atoms with Crippen molar-refractivity contribution in [1.82, 2.24) is 9.88 Å². The van der Waals surface area contributed by atoms with Crippen LogP contribution < -0.4 is 5.32 Å². The van der Waals surface area contributed by atoms with Gasteiger partial charge in [-0.2, -0.15) is 5.26 Å². The summed E-state index contributed by atoms with van der Waals surface area (Å²) in [5.74, 6) is -0.499. The Bertz CT molecular complexity index is 649. The maximum absolute atomic E-state index is 13.4. The normalized spacial score (nSPS) is 20.5. The van der Waals surface area contributed by atoms with Crippen LogP contribution >= 0.6 is 15.9 Å². The van der Waals surface area contributed by atoms with Crippen molar-refractivity contribution in [1.29, 1.82) is 5.26 Å². The number of carbonyl (C=O) groups is 2. The second kappa shape index (κ2) is 6.70. The smallest absolute Gasteiger partial charge is 0.408 e. The Kier molecular flexibility index (Phi) is 4.92. The van der Waals surface area contributed by atoms with Gasteiger partial charge < -0.3 is 10.4 Å². The van der Waals surface area contributed by atoms with E-state index < -0.39 is 24.2 Å². The fraction of sp³-hybridized carbons (Fsp3) is 0.385. The number of carbonyl (C=O) groups excluding carboxylic acids is 1. The summed E-state index contributed by atoms with van der Waals surface area (Å²) in [7, 11) is 0. The number of nitriles is 1. The number of alkyl halides is 1. The summed E-state index contributed by atoms with van der Waals surface area (Å²) < 4.78 is 13.8. The van der Waals surface area contributed by atoms with E-state index in [2.05, 4.69) is 26.2 Å². The Labute approximate surface area is 133 Å². The monoisotopic (exact) mass is 370 g/mol. The first-order chi connectivity index (χ1) is 10.4. The fourth-order valence-electron chi connectivity index (χ4n) is 2.24. The van der Waals surface area contributed by atoms with Crippen molar-refractivity contribution in [2.45, 2.75) is 25.1 Å². The molecular weight excluding hydrogens is 359 g/mol. The summed E-state index contributed by atoms with van der Waals surface area (Å²) in [5, 5.41) is 20.3. The topological polar surface area (TPSA) is 106 Å². The minimum Gasteiger partial charge on any atom is -0.465 e. The van der Waals surface area contributed by atoms with Gasteiger partial charge in [0.25, 0.3) is 0 Å². The van der Waals surface area contributed by atoms with E-state index in [1.807, 2.05) is 6.07 Å². The molecule has 1 aliphatic heterocycles. The average molecular weight is 371 g/mol. The van der Waals surface area contributed by atoms with Crippen molar-refractivity contribution in [3.05, 3.63) is 22.3 Å². The van der Waals surface area contributed by atoms with E-state index in [1.54, 1.807) is 12.1 Å². The molecule has 2 amide bonds. The molecule has 1 fully saturated rings. The number of aromatic nitrogens is 1. The van der Waals surface area contributed by atoms with Gasteiger partial charge >= 0.3 is 6.09 Å². The van der Waals surface area contributed by atoms with Crippen molar-refractivity contribution >= 4 is 33.7 Å². The number of rotatable bonds is 3. The van der Waals surface area contributed by atoms with Crippen LogP contribution in [-0.2, 0) is 11.2 Å². The third kappa shape index (κ3) is 3.51. The average Bonchev–Trinajstić information content (AvgIpc) is 2.84. The minimum atomic E-state index is -1.37. The number of nitrogens with zero attached hydrogens (tertiary/aromatic N) is 3. The first kappa shape index (κ1) is 16.2. The first-order valence-corrected chi connectivity index (χ1v) is 7.18. The molecule has 1 aromatic rings. The number of hydrogen-bond acceptors (Lipinski definition) is 4. The van der Waals surface area contributed by atoms with Crippen LogP contribution in [0.25, 0.3) is 0 Å². The number of pyridine rings is 1. The number of carboxylic acid groups (broad SMARTS) is 1. The molecule has 7 nitrogen and oxygen atoms in total. The third-order valence-electron chi connectivity index (χ3n) is 3.25. The van der Waals surface area contributed by atoms with Crippen molar-refractivity contribution in [2.75, 3.05) is 11.9 Å². The van der Waals surface area contributed by atoms with Gasteiger partial charge in [-0.15, -0.1) is 0 Å². The highest BCUT2D eigenvalue weighted by Crippen LogP contribution is 2.23. The second-order valence-corrected chi connectivity index (χ2v) is 5.56. The molecule has 0 bridgehead atoms. The van der Waals surface area contributed by atoms with Crippen LogP contribution in [0.3, 0.4) is 0 Å². The van der Waals surface area contributed by atoms with E-state index in [4.69, 9.17) is 10.4 Å². The maximum atomic E-state index is 13.4. The lowest BCUT2D eigenvalue weighted by atomic mass is 10.1. The van der Waals surface area contributed by atoms with Gasteiger partial charge in [0.1, 0.15) is 22.6 Å². The predicted octanol–water partition coefficient (Wildman–Crippen LogP) is 1.94. The second-order valence-electron chi connectivity index (χ2n) is 4.75. The lowest BCUT2D eigenvalue weighted by Gasteiger charge is -2.20. The van der Waals surface area contributed by atoms with Crippen LogP contribution in [0.1, 0.15) is 12.0 Å². The van der Waals surface area contributed by atoms with Crippen LogP contribution in [0, 0.1) is 11.3 Å². The Morgan fingerprint density at radius 2 is 2.32 bits per heavy atom. The van der Waals surface area contributed by atoms with Gasteiger partial charge in [0, 0.05) is 12.0 Å². The molecule has 2 heterocycles. The summed E-state index contributed by atoms with van der Waals surface area (Å²) in [6.45, 7) is -0.329. The maximum Gasteiger partial charge on any atom is 0.408 e. The fourth-order valence-corrected chi connectivity index (χ4v) is 2.55. The van der Waals surface area contributed by atoms with Gasteiger partial charge in [0.2, 0.25) is 5.91 Å². The zero-order valence-corrected chi connectivity index (χ0v) is 12.9. The number of amides is 2. The van der Waals surface area contributed by atoms with Gasteiger partial charge in [0.05, 0.1) is 19.0 Å². The quantitative estimate of drug-likeness (QED) is 0.790. The van der Waals surface area contributed by atoms with E-state index in [1.165, 1.54) is 0 Å². The summed E-state index contributed by atoms with van der Waals surface area (Å²) >= 11 is 3.16. The Morgan fingerprint density at radius 3 is 2.95 bits per heavy atom. The number of halogens is 2. The number of nitrogens with one attached hydrogen (secondary N) is 1. The molecule has 2 atom stereocenters. The Hall–Kier alpha value is -2.21. The minimum absolute atomic E-state index is 0.0366. The molecule has 2 N–H and O–H groups in total. The van der Waals surface area contributed by atoms with Crippen LogP contribution in [-0.4, -0.2) is 45.7 Å². The molecule has 0 aromatic carbocycles. The molecule has 22 heavy (non-hydrogen) atoms. The number of likely N-dealkylation sites (tertiary alicyclic amines) is 1. The van der Waals surface area contributed by atoms with E-state index in [0.29, 0.717) is 10.2 Å². The zero-order chi connectivity index (χ0) is 16.3. The van der Waals surface area contributed by atoms with E-state index in [9.17, 15) is 14.0 Å². The summed E-state index contributed by atoms with van der Waals surface area (Å²) in [4.78, 5) is 28.1. The summed E-state index contributed by atoms with van der Waals surface area (Å²) in [6.07, 6.45) is -2.88. The third-order valence-corrected chi connectivity index (χ3v) is 3.70. The highest BCUT2D eigenvalue weighted by atomic mass is 79.9. The Balaban J connectivity index is 2.20. The van der Waals surface area contributed by atoms with Gasteiger partial charge in [-0.25, -0.2) is 14.2 Å². The molecule has 0 aliphatic carbocycles. The first-order valence-electron chi connectivity index (χ1n) is 6.39. The van der Waals surface area contributed by atoms with Gasteiger partial charge in [-0.3, -0.25) is 9.69 Å². The standard InChI is InChI=1S/C13H12BrFN4O3/c14-10-2-1-7(3-4-16)11(17-10)18-12(20)9-5-8(15)6-19(9)13(21)22/h1-2,8-9H,3,5-6H2,(H,21,22)(H,17,18,20)/t8-,9+/m1/s1. The molecule has 116 valence electrons. The Morgan fingerprint density at radius 1 is 1.59 bits per heavy atom. The molecular formula is C13H12BrFN4O3. The number of anilines is 1.